The monoisotopic (exact) mass is 629 g/mol. The number of alkyl halides is 3. The average Bonchev–Trinajstić information content (AvgIpc) is 2.96. The quantitative estimate of drug-likeness (QED) is 0.209. The van der Waals surface area contributed by atoms with E-state index in [4.69, 9.17) is 11.6 Å². The van der Waals surface area contributed by atoms with Crippen molar-refractivity contribution >= 4 is 44.8 Å². The lowest BCUT2D eigenvalue weighted by molar-refractivity contribution is -0.137. The van der Waals surface area contributed by atoms with Crippen LogP contribution >= 0.6 is 11.6 Å². The van der Waals surface area contributed by atoms with Crippen molar-refractivity contribution in [3.05, 3.63) is 124 Å². The maximum atomic E-state index is 13.7. The highest BCUT2D eigenvalue weighted by Crippen LogP contribution is 2.38. The van der Waals surface area contributed by atoms with Gasteiger partial charge >= 0.3 is 6.18 Å². The highest BCUT2D eigenvalue weighted by atomic mass is 35.5. The Bertz CT molecular complexity index is 1730. The highest BCUT2D eigenvalue weighted by molar-refractivity contribution is 7.92. The van der Waals surface area contributed by atoms with Crippen LogP contribution in [0.4, 0.5) is 24.5 Å². The molecule has 0 heterocycles. The van der Waals surface area contributed by atoms with Crippen LogP contribution in [0.1, 0.15) is 40.0 Å². The molecule has 0 saturated heterocycles. The zero-order chi connectivity index (χ0) is 31.4. The van der Waals surface area contributed by atoms with Crippen molar-refractivity contribution in [2.24, 2.45) is 0 Å². The van der Waals surface area contributed by atoms with Crippen LogP contribution in [-0.4, -0.2) is 26.8 Å². The molecule has 4 aromatic rings. The first-order valence-corrected chi connectivity index (χ1v) is 14.8. The molecule has 224 valence electrons. The molecule has 0 radical (unpaired) electrons. The van der Waals surface area contributed by atoms with Crippen LogP contribution in [0, 0.1) is 6.92 Å². The molecule has 2 amide bonds. The predicted octanol–water partition coefficient (Wildman–Crippen LogP) is 6.99. The van der Waals surface area contributed by atoms with Gasteiger partial charge in [0.2, 0.25) is 5.91 Å². The second-order valence-corrected chi connectivity index (χ2v) is 12.0. The van der Waals surface area contributed by atoms with Gasteiger partial charge in [0.05, 0.1) is 38.5 Å². The number of carbonyl (C=O) groups excluding carboxylic acids is 2. The van der Waals surface area contributed by atoms with Gasteiger partial charge in [0.1, 0.15) is 6.54 Å². The van der Waals surface area contributed by atoms with Crippen LogP contribution in [0.15, 0.2) is 102 Å². The second kappa shape index (κ2) is 12.9. The lowest BCUT2D eigenvalue weighted by Gasteiger charge is -2.25. The van der Waals surface area contributed by atoms with Crippen molar-refractivity contribution in [3.8, 4) is 0 Å². The van der Waals surface area contributed by atoms with Gasteiger partial charge in [-0.25, -0.2) is 8.42 Å². The van der Waals surface area contributed by atoms with E-state index in [-0.39, 0.29) is 22.2 Å². The zero-order valence-electron chi connectivity index (χ0n) is 23.0. The van der Waals surface area contributed by atoms with E-state index in [1.54, 1.807) is 26.0 Å². The molecule has 0 aromatic heterocycles. The van der Waals surface area contributed by atoms with Crippen molar-refractivity contribution in [1.29, 1.82) is 0 Å². The first-order chi connectivity index (χ1) is 20.3. The molecular formula is C31H27ClF3N3O4S. The summed E-state index contributed by atoms with van der Waals surface area (Å²) in [4.78, 5) is 26.2. The van der Waals surface area contributed by atoms with Crippen LogP contribution in [-0.2, 0) is 21.0 Å². The fourth-order valence-electron chi connectivity index (χ4n) is 4.25. The van der Waals surface area contributed by atoms with Crippen LogP contribution in [0.2, 0.25) is 5.02 Å². The Morgan fingerprint density at radius 3 is 2.19 bits per heavy atom. The standard InChI is InChI=1S/C31H27ClF3N3O4S/c1-20-12-15-24(16-13-20)43(41,42)38(23-14-17-27(32)26(18-23)31(33,34)35)19-29(39)37-28-11-7-6-10-25(28)30(40)36-21(2)22-8-4-3-5-9-22/h3-18,21H,19H2,1-2H3,(H,36,40)(H,37,39)/t21-/m0/s1. The van der Waals surface area contributed by atoms with E-state index >= 15 is 0 Å². The van der Waals surface area contributed by atoms with Crippen molar-refractivity contribution in [2.75, 3.05) is 16.2 Å². The number of hydrogen-bond donors (Lipinski definition) is 2. The summed E-state index contributed by atoms with van der Waals surface area (Å²) in [5.74, 6) is -1.39. The fraction of sp³-hybridized carbons (Fsp3) is 0.161. The van der Waals surface area contributed by atoms with Gasteiger partial charge in [-0.2, -0.15) is 13.2 Å². The molecule has 1 atom stereocenters. The zero-order valence-corrected chi connectivity index (χ0v) is 24.6. The maximum absolute atomic E-state index is 13.7. The number of carbonyl (C=O) groups is 2. The number of halogens is 4. The Balaban J connectivity index is 1.65. The molecule has 0 bridgehead atoms. The predicted molar refractivity (Wildman–Crippen MR) is 160 cm³/mol. The fourth-order valence-corrected chi connectivity index (χ4v) is 5.89. The van der Waals surface area contributed by atoms with Gasteiger partial charge in [-0.1, -0.05) is 71.8 Å². The van der Waals surface area contributed by atoms with Gasteiger partial charge < -0.3 is 10.6 Å². The Morgan fingerprint density at radius 1 is 0.907 bits per heavy atom. The van der Waals surface area contributed by atoms with Crippen molar-refractivity contribution in [2.45, 2.75) is 31.0 Å². The molecule has 0 fully saturated rings. The molecule has 7 nitrogen and oxygen atoms in total. The summed E-state index contributed by atoms with van der Waals surface area (Å²) in [6.45, 7) is 2.64. The first kappa shape index (κ1) is 31.6. The number of nitrogens with zero attached hydrogens (tertiary/aromatic N) is 1. The Labute approximate surface area is 252 Å². The Hall–Kier alpha value is -4.35. The Kier molecular flexibility index (Phi) is 9.46. The van der Waals surface area contributed by atoms with E-state index in [1.165, 1.54) is 36.4 Å². The molecule has 0 aliphatic carbocycles. The van der Waals surface area contributed by atoms with E-state index in [2.05, 4.69) is 10.6 Å². The molecule has 4 rings (SSSR count). The molecule has 0 saturated carbocycles. The molecule has 0 spiro atoms. The molecule has 43 heavy (non-hydrogen) atoms. The largest absolute Gasteiger partial charge is 0.417 e. The summed E-state index contributed by atoms with van der Waals surface area (Å²) in [6, 6.07) is 23.2. The number of anilines is 2. The summed E-state index contributed by atoms with van der Waals surface area (Å²) < 4.78 is 68.9. The SMILES string of the molecule is Cc1ccc(S(=O)(=O)N(CC(=O)Nc2ccccc2C(=O)N[C@@H](C)c2ccccc2)c2ccc(Cl)c(C(F)(F)F)c2)cc1. The van der Waals surface area contributed by atoms with E-state index in [0.717, 1.165) is 23.3 Å². The van der Waals surface area contributed by atoms with Gasteiger partial charge in [0.15, 0.2) is 0 Å². The number of hydrogen-bond acceptors (Lipinski definition) is 4. The number of nitrogens with one attached hydrogen (secondary N) is 2. The third-order valence-corrected chi connectivity index (χ3v) is 8.65. The lowest BCUT2D eigenvalue weighted by atomic mass is 10.1. The number of sulfonamides is 1. The molecule has 0 aliphatic rings. The topological polar surface area (TPSA) is 95.6 Å². The van der Waals surface area contributed by atoms with Crippen molar-refractivity contribution in [3.63, 3.8) is 0 Å². The number of para-hydroxylation sites is 1. The van der Waals surface area contributed by atoms with Gasteiger partial charge in [-0.15, -0.1) is 0 Å². The second-order valence-electron chi connectivity index (χ2n) is 9.69. The molecule has 4 aromatic carbocycles. The van der Waals surface area contributed by atoms with Gasteiger partial charge in [-0.05, 0) is 61.9 Å². The Morgan fingerprint density at radius 2 is 1.53 bits per heavy atom. The highest BCUT2D eigenvalue weighted by Gasteiger charge is 2.35. The van der Waals surface area contributed by atoms with Gasteiger partial charge in [0.25, 0.3) is 15.9 Å². The minimum atomic E-state index is -4.88. The van der Waals surface area contributed by atoms with E-state index in [9.17, 15) is 31.2 Å². The third kappa shape index (κ3) is 7.54. The summed E-state index contributed by atoms with van der Waals surface area (Å²) in [7, 11) is -4.52. The number of amides is 2. The molecular weight excluding hydrogens is 603 g/mol. The van der Waals surface area contributed by atoms with E-state index < -0.39 is 50.8 Å². The average molecular weight is 630 g/mol. The molecule has 0 aliphatic heterocycles. The maximum Gasteiger partial charge on any atom is 0.417 e. The van der Waals surface area contributed by atoms with E-state index in [0.29, 0.717) is 10.4 Å². The normalized spacial score (nSPS) is 12.3. The van der Waals surface area contributed by atoms with E-state index in [1.807, 2.05) is 30.3 Å². The molecule has 0 unspecified atom stereocenters. The number of benzene rings is 4. The smallest absolute Gasteiger partial charge is 0.345 e. The summed E-state index contributed by atoms with van der Waals surface area (Å²) in [6.07, 6.45) is -4.88. The first-order valence-electron chi connectivity index (χ1n) is 13.0. The van der Waals surface area contributed by atoms with Crippen LogP contribution < -0.4 is 14.9 Å². The van der Waals surface area contributed by atoms with Crippen molar-refractivity contribution in [1.82, 2.24) is 5.32 Å². The van der Waals surface area contributed by atoms with Gasteiger partial charge in [-0.3, -0.25) is 13.9 Å². The van der Waals surface area contributed by atoms with Crippen LogP contribution in [0.5, 0.6) is 0 Å². The van der Waals surface area contributed by atoms with Crippen LogP contribution in [0.25, 0.3) is 0 Å². The summed E-state index contributed by atoms with van der Waals surface area (Å²) >= 11 is 5.76. The van der Waals surface area contributed by atoms with Crippen LogP contribution in [0.3, 0.4) is 0 Å². The molecule has 12 heteroatoms. The minimum Gasteiger partial charge on any atom is -0.345 e. The third-order valence-electron chi connectivity index (χ3n) is 6.53. The summed E-state index contributed by atoms with van der Waals surface area (Å²) in [5, 5.41) is 4.77. The summed E-state index contributed by atoms with van der Waals surface area (Å²) in [5.41, 5.74) is 0.129. The lowest BCUT2D eigenvalue weighted by Crippen LogP contribution is -2.38. The minimum absolute atomic E-state index is 0.0880. The van der Waals surface area contributed by atoms with Crippen molar-refractivity contribution < 1.29 is 31.2 Å². The number of rotatable bonds is 9. The number of aryl methyl sites for hydroxylation is 1. The molecule has 2 N–H and O–H groups in total. The van der Waals surface area contributed by atoms with Gasteiger partial charge in [0, 0.05) is 0 Å².